The fourth-order valence-electron chi connectivity index (χ4n) is 15.2. The summed E-state index contributed by atoms with van der Waals surface area (Å²) in [5.74, 6) is -2.19. The van der Waals surface area contributed by atoms with Crippen LogP contribution in [0.1, 0.15) is 128 Å². The third-order valence-electron chi connectivity index (χ3n) is 16.8. The Morgan fingerprint density at radius 3 is 1.96 bits per heavy atom. The van der Waals surface area contributed by atoms with Gasteiger partial charge in [0.25, 0.3) is 0 Å². The number of aliphatic hydroxyl groups is 1. The topological polar surface area (TPSA) is 162 Å². The maximum Gasteiger partial charge on any atom is 0.303 e. The van der Waals surface area contributed by atoms with Gasteiger partial charge in [0.05, 0.1) is 24.4 Å². The first-order valence-corrected chi connectivity index (χ1v) is 21.0. The third-order valence-corrected chi connectivity index (χ3v) is 16.8. The standard InChI is InChI=1S/C43H64O13/c1-21-16-27-35(38(8,9)48)56-43(55-27)19-40(11)34-26(50-22(2)44)17-29-37(6,7)30(12-13-41(29)20-42(34,41)15-14-39(40,10)33(21)43)54-36-32(53-25(5)47)31(52-24(4)46)28(18-49-36)51-23(3)45/h21,26-36,48H,12-20H2,1-11H3/t21-,26-,27-,28-,29-,30-,31+,32+,33+,34-,35-,36+,39-,40+,41-,42+,43-/m1/s1. The van der Waals surface area contributed by atoms with E-state index in [9.17, 15) is 24.3 Å². The minimum Gasteiger partial charge on any atom is -0.462 e. The van der Waals surface area contributed by atoms with Crippen LogP contribution in [0.2, 0.25) is 0 Å². The highest BCUT2D eigenvalue weighted by atomic mass is 16.8. The molecule has 0 aromatic carbocycles. The molecule has 2 bridgehead atoms. The van der Waals surface area contributed by atoms with Crippen molar-refractivity contribution in [3.05, 3.63) is 0 Å². The van der Waals surface area contributed by atoms with Crippen LogP contribution in [-0.2, 0) is 57.1 Å². The summed E-state index contributed by atoms with van der Waals surface area (Å²) in [4.78, 5) is 49.7. The summed E-state index contributed by atoms with van der Waals surface area (Å²) < 4.78 is 50.3. The van der Waals surface area contributed by atoms with Crippen LogP contribution < -0.4 is 0 Å². The molecule has 13 nitrogen and oxygen atoms in total. The van der Waals surface area contributed by atoms with Gasteiger partial charge in [0.15, 0.2) is 30.4 Å². The molecule has 3 spiro atoms. The van der Waals surface area contributed by atoms with E-state index in [-0.39, 0.29) is 70.3 Å². The van der Waals surface area contributed by atoms with Gasteiger partial charge in [-0.2, -0.15) is 0 Å². The Hall–Kier alpha value is -2.32. The van der Waals surface area contributed by atoms with Crippen molar-refractivity contribution in [2.24, 2.45) is 50.7 Å². The van der Waals surface area contributed by atoms with E-state index < -0.39 is 65.4 Å². The number of ether oxygens (including phenoxy) is 8. The lowest BCUT2D eigenvalue weighted by Crippen LogP contribution is -2.63. The summed E-state index contributed by atoms with van der Waals surface area (Å²) in [6.07, 6.45) is 1.34. The number of fused-ring (bicyclic) bond motifs is 4. The van der Waals surface area contributed by atoms with Gasteiger partial charge >= 0.3 is 23.9 Å². The molecule has 0 aromatic rings. The van der Waals surface area contributed by atoms with Crippen molar-refractivity contribution < 1.29 is 62.2 Å². The largest absolute Gasteiger partial charge is 0.462 e. The summed E-state index contributed by atoms with van der Waals surface area (Å²) in [5, 5.41) is 11.2. The fraction of sp³-hybridized carbons (Fsp3) is 0.907. The molecule has 0 radical (unpaired) electrons. The van der Waals surface area contributed by atoms with Gasteiger partial charge in [-0.3, -0.25) is 19.2 Å². The van der Waals surface area contributed by atoms with Crippen LogP contribution in [0.15, 0.2) is 0 Å². The smallest absolute Gasteiger partial charge is 0.303 e. The Morgan fingerprint density at radius 2 is 1.34 bits per heavy atom. The number of hydrogen-bond acceptors (Lipinski definition) is 13. The maximum absolute atomic E-state index is 13.1. The SMILES string of the molecule is CC(=O)O[C@@H]1[C@H](O[C@@H]2CC[C@]34C[C@]35CC[C@]3(C)[C@@H]6[C@H](C)C[C@H]7O[C@]6(C[C@@]3(C)[C@H]5[C@H](OC(C)=O)C[C@@H]4C2(C)C)O[C@H]7C(C)(C)O)OC[C@@H](OC(C)=O)[C@@H]1OC(C)=O. The van der Waals surface area contributed by atoms with Crippen molar-refractivity contribution in [1.82, 2.24) is 0 Å². The summed E-state index contributed by atoms with van der Waals surface area (Å²) in [7, 11) is 0. The molecular formula is C43H64O13. The molecule has 5 aliphatic carbocycles. The van der Waals surface area contributed by atoms with Crippen molar-refractivity contribution >= 4 is 23.9 Å². The van der Waals surface area contributed by atoms with Crippen molar-refractivity contribution in [1.29, 1.82) is 0 Å². The quantitative estimate of drug-likeness (QED) is 0.198. The Kier molecular flexibility index (Phi) is 9.28. The molecule has 0 unspecified atom stereocenters. The van der Waals surface area contributed by atoms with Crippen LogP contribution >= 0.6 is 0 Å². The minimum atomic E-state index is -1.17. The number of carbonyl (C=O) groups is 4. The molecule has 8 fully saturated rings. The summed E-state index contributed by atoms with van der Waals surface area (Å²) in [5.41, 5.74) is -1.92. The van der Waals surface area contributed by atoms with Gasteiger partial charge in [-0.25, -0.2) is 0 Å². The molecule has 8 rings (SSSR count). The van der Waals surface area contributed by atoms with Gasteiger partial charge in [-0.1, -0.05) is 34.6 Å². The van der Waals surface area contributed by atoms with E-state index >= 15 is 0 Å². The van der Waals surface area contributed by atoms with E-state index in [4.69, 9.17) is 37.9 Å². The highest BCUT2D eigenvalue weighted by Crippen LogP contribution is 2.90. The zero-order valence-corrected chi connectivity index (χ0v) is 35.1. The molecule has 0 amide bonds. The molecule has 3 aliphatic heterocycles. The zero-order chi connectivity index (χ0) is 40.8. The summed E-state index contributed by atoms with van der Waals surface area (Å²) in [6, 6.07) is 0. The molecule has 0 aromatic heterocycles. The van der Waals surface area contributed by atoms with Gasteiger partial charge in [-0.05, 0) is 97.7 Å². The van der Waals surface area contributed by atoms with Gasteiger partial charge in [0, 0.05) is 46.0 Å². The number of hydrogen-bond donors (Lipinski definition) is 1. The highest BCUT2D eigenvalue weighted by molar-refractivity contribution is 5.68. The van der Waals surface area contributed by atoms with Gasteiger partial charge in [0.1, 0.15) is 12.2 Å². The predicted molar refractivity (Wildman–Crippen MR) is 197 cm³/mol. The molecule has 314 valence electrons. The fourth-order valence-corrected chi connectivity index (χ4v) is 15.2. The maximum atomic E-state index is 13.1. The zero-order valence-electron chi connectivity index (χ0n) is 35.1. The van der Waals surface area contributed by atoms with Crippen LogP contribution in [0, 0.1) is 50.7 Å². The average molecular weight is 789 g/mol. The lowest BCUT2D eigenvalue weighted by Gasteiger charge is -2.64. The predicted octanol–water partition coefficient (Wildman–Crippen LogP) is 5.40. The second kappa shape index (κ2) is 12.8. The number of carbonyl (C=O) groups excluding carboxylic acids is 4. The average Bonchev–Trinajstić information content (AvgIpc) is 3.52. The summed E-state index contributed by atoms with van der Waals surface area (Å²) >= 11 is 0. The first-order chi connectivity index (χ1) is 25.9. The number of esters is 4. The van der Waals surface area contributed by atoms with Crippen molar-refractivity contribution in [3.63, 3.8) is 0 Å². The van der Waals surface area contributed by atoms with E-state index in [1.54, 1.807) is 0 Å². The Balaban J connectivity index is 1.11. The summed E-state index contributed by atoms with van der Waals surface area (Å²) in [6.45, 7) is 20.5. The molecule has 13 heteroatoms. The van der Waals surface area contributed by atoms with Crippen LogP contribution in [-0.4, -0.2) is 96.0 Å². The van der Waals surface area contributed by atoms with Crippen molar-refractivity contribution in [3.8, 4) is 0 Å². The highest BCUT2D eigenvalue weighted by Gasteiger charge is 2.87. The molecule has 8 aliphatic rings. The molecular weight excluding hydrogens is 724 g/mol. The molecule has 3 saturated heterocycles. The van der Waals surface area contributed by atoms with Crippen LogP contribution in [0.5, 0.6) is 0 Å². The van der Waals surface area contributed by atoms with E-state index in [2.05, 4.69) is 34.6 Å². The van der Waals surface area contributed by atoms with Gasteiger partial charge in [-0.15, -0.1) is 0 Å². The Labute approximate surface area is 330 Å². The van der Waals surface area contributed by atoms with Crippen molar-refractivity contribution in [2.45, 2.75) is 188 Å². The Bertz CT molecular complexity index is 1660. The van der Waals surface area contributed by atoms with E-state index in [1.165, 1.54) is 27.7 Å². The third kappa shape index (κ3) is 5.62. The lowest BCUT2D eigenvalue weighted by molar-refractivity contribution is -0.309. The monoisotopic (exact) mass is 788 g/mol. The van der Waals surface area contributed by atoms with Crippen LogP contribution in [0.3, 0.4) is 0 Å². The van der Waals surface area contributed by atoms with E-state index in [1.807, 2.05) is 13.8 Å². The number of rotatable bonds is 7. The van der Waals surface area contributed by atoms with E-state index in [0.717, 1.165) is 38.5 Å². The first-order valence-electron chi connectivity index (χ1n) is 21.0. The van der Waals surface area contributed by atoms with E-state index in [0.29, 0.717) is 18.8 Å². The van der Waals surface area contributed by atoms with Crippen molar-refractivity contribution in [2.75, 3.05) is 6.61 Å². The van der Waals surface area contributed by atoms with Gasteiger partial charge < -0.3 is 43.0 Å². The molecule has 3 heterocycles. The van der Waals surface area contributed by atoms with Crippen LogP contribution in [0.25, 0.3) is 0 Å². The Morgan fingerprint density at radius 1 is 0.714 bits per heavy atom. The molecule has 17 atom stereocenters. The molecule has 56 heavy (non-hydrogen) atoms. The second-order valence-electron chi connectivity index (χ2n) is 20.7. The van der Waals surface area contributed by atoms with Gasteiger partial charge in [0.2, 0.25) is 0 Å². The minimum absolute atomic E-state index is 0.0119. The molecule has 1 N–H and O–H groups in total. The molecule has 5 saturated carbocycles. The normalized spacial score (nSPS) is 50.9. The second-order valence-corrected chi connectivity index (χ2v) is 20.7. The first kappa shape index (κ1) is 40.5. The van der Waals surface area contributed by atoms with Crippen LogP contribution in [0.4, 0.5) is 0 Å². The lowest BCUT2D eigenvalue weighted by atomic mass is 9.41.